The Balaban J connectivity index is 1.36. The number of carbonyl (C=O) groups is 1. The third-order valence-corrected chi connectivity index (χ3v) is 5.72. The Morgan fingerprint density at radius 1 is 1.24 bits per heavy atom. The lowest BCUT2D eigenvalue weighted by Gasteiger charge is -2.33. The zero-order chi connectivity index (χ0) is 20.4. The van der Waals surface area contributed by atoms with Crippen LogP contribution >= 0.6 is 0 Å². The van der Waals surface area contributed by atoms with Crippen LogP contribution in [-0.2, 0) is 17.8 Å². The van der Waals surface area contributed by atoms with Crippen molar-refractivity contribution in [3.8, 4) is 5.75 Å². The summed E-state index contributed by atoms with van der Waals surface area (Å²) in [6, 6.07) is 3.94. The molecule has 3 heterocycles. The average Bonchev–Trinajstić information content (AvgIpc) is 2.73. The summed E-state index contributed by atoms with van der Waals surface area (Å²) in [5.41, 5.74) is 4.82. The molecule has 2 aliphatic heterocycles. The van der Waals surface area contributed by atoms with E-state index >= 15 is 0 Å². The van der Waals surface area contributed by atoms with E-state index in [9.17, 15) is 4.79 Å². The quantitative estimate of drug-likeness (QED) is 0.856. The van der Waals surface area contributed by atoms with E-state index in [0.717, 1.165) is 73.0 Å². The fourth-order valence-electron chi connectivity index (χ4n) is 4.17. The van der Waals surface area contributed by atoms with Gasteiger partial charge >= 0.3 is 0 Å². The van der Waals surface area contributed by atoms with E-state index < -0.39 is 0 Å². The van der Waals surface area contributed by atoms with Crippen molar-refractivity contribution in [3.63, 3.8) is 0 Å². The summed E-state index contributed by atoms with van der Waals surface area (Å²) >= 11 is 0. The van der Waals surface area contributed by atoms with Crippen LogP contribution < -0.4 is 15.0 Å². The number of hydrogen-bond acceptors (Lipinski definition) is 6. The molecule has 1 aromatic heterocycles. The van der Waals surface area contributed by atoms with E-state index in [0.29, 0.717) is 12.2 Å². The molecule has 1 fully saturated rings. The number of anilines is 1. The lowest BCUT2D eigenvalue weighted by Crippen LogP contribution is -2.45. The summed E-state index contributed by atoms with van der Waals surface area (Å²) in [6.07, 6.45) is 4.49. The first-order valence-corrected chi connectivity index (χ1v) is 10.2. The van der Waals surface area contributed by atoms with Crippen molar-refractivity contribution in [3.05, 3.63) is 46.3 Å². The molecule has 1 saturated heterocycles. The lowest BCUT2D eigenvalue weighted by atomic mass is 10.0. The topological polar surface area (TPSA) is 76.6 Å². The molecule has 2 aliphatic rings. The van der Waals surface area contributed by atoms with Crippen molar-refractivity contribution in [2.24, 2.45) is 0 Å². The number of fused-ring (bicyclic) bond motifs is 1. The minimum atomic E-state index is -0.0256. The highest BCUT2D eigenvalue weighted by Crippen LogP contribution is 2.25. The number of methoxy groups -OCH3 is 1. The Kier molecular flexibility index (Phi) is 5.67. The zero-order valence-corrected chi connectivity index (χ0v) is 17.3. The van der Waals surface area contributed by atoms with E-state index in [-0.39, 0.29) is 11.9 Å². The van der Waals surface area contributed by atoms with E-state index in [1.807, 2.05) is 32.2 Å². The summed E-state index contributed by atoms with van der Waals surface area (Å²) in [5, 5.41) is 3.19. The van der Waals surface area contributed by atoms with Crippen LogP contribution in [0.2, 0.25) is 0 Å². The Morgan fingerprint density at radius 3 is 2.66 bits per heavy atom. The first-order valence-electron chi connectivity index (χ1n) is 10.2. The van der Waals surface area contributed by atoms with Crippen LogP contribution in [0.1, 0.15) is 45.6 Å². The Morgan fingerprint density at radius 2 is 1.97 bits per heavy atom. The Bertz CT molecular complexity index is 884. The first-order chi connectivity index (χ1) is 14.0. The average molecular weight is 396 g/mol. The number of benzene rings is 1. The van der Waals surface area contributed by atoms with E-state index in [1.165, 1.54) is 0 Å². The van der Waals surface area contributed by atoms with Crippen molar-refractivity contribution in [1.29, 1.82) is 0 Å². The summed E-state index contributed by atoms with van der Waals surface area (Å²) in [4.78, 5) is 24.2. The fraction of sp³-hybridized carbons (Fsp3) is 0.500. The summed E-state index contributed by atoms with van der Waals surface area (Å²) < 4.78 is 10.8. The number of piperidine rings is 1. The summed E-state index contributed by atoms with van der Waals surface area (Å²) in [6.45, 7) is 6.93. The number of amides is 1. The van der Waals surface area contributed by atoms with Gasteiger partial charge in [0, 0.05) is 42.9 Å². The van der Waals surface area contributed by atoms with E-state index in [1.54, 1.807) is 7.11 Å². The minimum Gasteiger partial charge on any atom is -0.496 e. The summed E-state index contributed by atoms with van der Waals surface area (Å²) in [5.74, 6) is 1.60. The molecular formula is C22H28N4O3. The van der Waals surface area contributed by atoms with Crippen LogP contribution in [0.25, 0.3) is 0 Å². The van der Waals surface area contributed by atoms with Gasteiger partial charge in [-0.05, 0) is 49.9 Å². The third-order valence-electron chi connectivity index (χ3n) is 5.72. The normalized spacial score (nSPS) is 17.0. The molecule has 29 heavy (non-hydrogen) atoms. The minimum absolute atomic E-state index is 0.0256. The van der Waals surface area contributed by atoms with Gasteiger partial charge in [0.15, 0.2) is 0 Å². The Hall–Kier alpha value is -2.67. The van der Waals surface area contributed by atoms with Crippen molar-refractivity contribution in [2.75, 3.05) is 31.7 Å². The van der Waals surface area contributed by atoms with Crippen LogP contribution in [0.4, 0.5) is 5.95 Å². The van der Waals surface area contributed by atoms with Gasteiger partial charge in [-0.3, -0.25) is 4.79 Å². The largest absolute Gasteiger partial charge is 0.496 e. The van der Waals surface area contributed by atoms with Gasteiger partial charge in [-0.25, -0.2) is 9.97 Å². The van der Waals surface area contributed by atoms with Crippen LogP contribution in [0.3, 0.4) is 0 Å². The van der Waals surface area contributed by atoms with Crippen molar-refractivity contribution in [2.45, 2.75) is 45.8 Å². The molecule has 1 N–H and O–H groups in total. The highest BCUT2D eigenvalue weighted by molar-refractivity contribution is 5.95. The summed E-state index contributed by atoms with van der Waals surface area (Å²) in [7, 11) is 1.66. The smallest absolute Gasteiger partial charge is 0.251 e. The van der Waals surface area contributed by atoms with Gasteiger partial charge in [0.25, 0.3) is 5.91 Å². The second-order valence-electron chi connectivity index (χ2n) is 7.82. The van der Waals surface area contributed by atoms with Gasteiger partial charge in [-0.15, -0.1) is 0 Å². The molecule has 0 radical (unpaired) electrons. The lowest BCUT2D eigenvalue weighted by molar-refractivity contribution is 0.0931. The maximum atomic E-state index is 12.7. The molecule has 0 aliphatic carbocycles. The molecule has 2 aromatic rings. The number of aryl methyl sites for hydroxylation is 2. The Labute approximate surface area is 171 Å². The molecule has 4 rings (SSSR count). The number of nitrogens with one attached hydrogen (secondary N) is 1. The van der Waals surface area contributed by atoms with Crippen LogP contribution in [0.5, 0.6) is 5.75 Å². The number of rotatable bonds is 4. The van der Waals surface area contributed by atoms with Gasteiger partial charge in [0.05, 0.1) is 26.0 Å². The fourth-order valence-corrected chi connectivity index (χ4v) is 4.17. The van der Waals surface area contributed by atoms with Gasteiger partial charge in [0.1, 0.15) is 5.75 Å². The van der Waals surface area contributed by atoms with Crippen LogP contribution in [0.15, 0.2) is 18.3 Å². The molecule has 0 spiro atoms. The van der Waals surface area contributed by atoms with Gasteiger partial charge < -0.3 is 19.7 Å². The highest BCUT2D eigenvalue weighted by atomic mass is 16.5. The molecule has 0 saturated carbocycles. The standard InChI is InChI=1S/C22H28N4O3/c1-14-10-16(11-15(2)20(14)28-3)21(27)24-18-4-7-26(8-5-18)22-23-12-17-13-29-9-6-19(17)25-22/h10-12,18H,4-9,13H2,1-3H3,(H,24,27). The molecule has 0 unspecified atom stereocenters. The van der Waals surface area contributed by atoms with Crippen LogP contribution in [-0.4, -0.2) is 48.7 Å². The second kappa shape index (κ2) is 8.37. The maximum absolute atomic E-state index is 12.7. The predicted molar refractivity (Wildman–Crippen MR) is 111 cm³/mol. The first kappa shape index (κ1) is 19.6. The number of aromatic nitrogens is 2. The van der Waals surface area contributed by atoms with Crippen molar-refractivity contribution < 1.29 is 14.3 Å². The van der Waals surface area contributed by atoms with Gasteiger partial charge in [-0.2, -0.15) is 0 Å². The zero-order valence-electron chi connectivity index (χ0n) is 17.3. The van der Waals surface area contributed by atoms with Crippen LogP contribution in [0, 0.1) is 13.8 Å². The van der Waals surface area contributed by atoms with E-state index in [4.69, 9.17) is 14.5 Å². The van der Waals surface area contributed by atoms with Crippen molar-refractivity contribution >= 4 is 11.9 Å². The van der Waals surface area contributed by atoms with E-state index in [2.05, 4.69) is 15.2 Å². The molecule has 7 nitrogen and oxygen atoms in total. The number of hydrogen-bond donors (Lipinski definition) is 1. The van der Waals surface area contributed by atoms with Crippen molar-refractivity contribution in [1.82, 2.24) is 15.3 Å². The third kappa shape index (κ3) is 4.19. The maximum Gasteiger partial charge on any atom is 0.251 e. The van der Waals surface area contributed by atoms with Gasteiger partial charge in [0.2, 0.25) is 5.95 Å². The number of nitrogens with zero attached hydrogens (tertiary/aromatic N) is 3. The molecule has 1 aromatic carbocycles. The molecular weight excluding hydrogens is 368 g/mol. The molecule has 0 bridgehead atoms. The second-order valence-corrected chi connectivity index (χ2v) is 7.82. The molecule has 0 atom stereocenters. The SMILES string of the molecule is COc1c(C)cc(C(=O)NC2CCN(c3ncc4c(n3)CCOC4)CC2)cc1C. The number of ether oxygens (including phenoxy) is 2. The predicted octanol–water partition coefficient (Wildman–Crippen LogP) is 2.57. The van der Waals surface area contributed by atoms with Gasteiger partial charge in [-0.1, -0.05) is 0 Å². The highest BCUT2D eigenvalue weighted by Gasteiger charge is 2.24. The number of carbonyl (C=O) groups excluding carboxylic acids is 1. The molecule has 154 valence electrons. The molecule has 7 heteroatoms. The monoisotopic (exact) mass is 396 g/mol. The molecule has 1 amide bonds.